The molecule has 0 atom stereocenters. The Morgan fingerprint density at radius 2 is 2.24 bits per heavy atom. The molecule has 0 bridgehead atoms. The highest BCUT2D eigenvalue weighted by Gasteiger charge is 2.27. The Balaban J connectivity index is 1.79. The fourth-order valence-electron chi connectivity index (χ4n) is 2.60. The first-order valence-electron chi connectivity index (χ1n) is 6.68. The molecule has 0 saturated heterocycles. The molecule has 0 unspecified atom stereocenters. The number of aryl methyl sites for hydroxylation is 1. The van der Waals surface area contributed by atoms with E-state index in [1.54, 1.807) is 27.9 Å². The van der Waals surface area contributed by atoms with Gasteiger partial charge in [0.05, 0.1) is 18.2 Å². The topological polar surface area (TPSA) is 75.4 Å². The van der Waals surface area contributed by atoms with Crippen LogP contribution in [-0.4, -0.2) is 33.3 Å². The minimum Gasteiger partial charge on any atom is -0.478 e. The molecular weight excluding hydrogens is 270 g/mol. The van der Waals surface area contributed by atoms with Gasteiger partial charge in [-0.2, -0.15) is 5.10 Å². The third-order valence-corrected chi connectivity index (χ3v) is 3.64. The summed E-state index contributed by atoms with van der Waals surface area (Å²) in [7, 11) is 1.85. The van der Waals surface area contributed by atoms with Crippen molar-refractivity contribution in [3.63, 3.8) is 0 Å². The standard InChI is InChI=1S/C15H15N3O3/c1-17-9-10(8-16-17)4-5-18-13-3-2-11(15(20)21)6-12(13)7-14(18)19/h2-3,6,8-9H,4-5,7H2,1H3,(H,20,21). The third kappa shape index (κ3) is 2.52. The van der Waals surface area contributed by atoms with E-state index in [0.717, 1.165) is 23.2 Å². The zero-order valence-electron chi connectivity index (χ0n) is 11.6. The summed E-state index contributed by atoms with van der Waals surface area (Å²) in [5.74, 6) is -0.963. The van der Waals surface area contributed by atoms with E-state index in [4.69, 9.17) is 5.11 Å². The summed E-state index contributed by atoms with van der Waals surface area (Å²) in [5, 5.41) is 13.1. The van der Waals surface area contributed by atoms with E-state index in [-0.39, 0.29) is 17.9 Å². The van der Waals surface area contributed by atoms with Crippen LogP contribution in [0.25, 0.3) is 0 Å². The number of carboxylic acid groups (broad SMARTS) is 1. The van der Waals surface area contributed by atoms with Gasteiger partial charge in [0.1, 0.15) is 0 Å². The molecule has 6 nitrogen and oxygen atoms in total. The second-order valence-corrected chi connectivity index (χ2v) is 5.14. The van der Waals surface area contributed by atoms with Gasteiger partial charge >= 0.3 is 5.97 Å². The van der Waals surface area contributed by atoms with Crippen LogP contribution < -0.4 is 4.90 Å². The van der Waals surface area contributed by atoms with Crippen molar-refractivity contribution in [1.82, 2.24) is 9.78 Å². The second kappa shape index (κ2) is 5.05. The van der Waals surface area contributed by atoms with Gasteiger partial charge in [-0.1, -0.05) is 0 Å². The van der Waals surface area contributed by atoms with Crippen LogP contribution in [0.2, 0.25) is 0 Å². The van der Waals surface area contributed by atoms with E-state index in [1.807, 2.05) is 13.2 Å². The predicted molar refractivity (Wildman–Crippen MR) is 76.4 cm³/mol. The molecule has 108 valence electrons. The van der Waals surface area contributed by atoms with Gasteiger partial charge in [0.15, 0.2) is 0 Å². The van der Waals surface area contributed by atoms with E-state index in [9.17, 15) is 9.59 Å². The van der Waals surface area contributed by atoms with Crippen molar-refractivity contribution in [3.8, 4) is 0 Å². The molecule has 0 fully saturated rings. The number of aromatic nitrogens is 2. The lowest BCUT2D eigenvalue weighted by Gasteiger charge is -2.17. The zero-order chi connectivity index (χ0) is 15.0. The van der Waals surface area contributed by atoms with Gasteiger partial charge in [-0.05, 0) is 35.7 Å². The fraction of sp³-hybridized carbons (Fsp3) is 0.267. The highest BCUT2D eigenvalue weighted by atomic mass is 16.4. The first-order chi connectivity index (χ1) is 10.0. The number of hydrogen-bond acceptors (Lipinski definition) is 3. The molecule has 1 N–H and O–H groups in total. The average Bonchev–Trinajstić information content (AvgIpc) is 2.98. The minimum atomic E-state index is -0.973. The normalized spacial score (nSPS) is 13.6. The van der Waals surface area contributed by atoms with Crippen LogP contribution in [0.15, 0.2) is 30.6 Å². The highest BCUT2D eigenvalue weighted by Crippen LogP contribution is 2.29. The lowest BCUT2D eigenvalue weighted by atomic mass is 10.1. The fourth-order valence-corrected chi connectivity index (χ4v) is 2.60. The summed E-state index contributed by atoms with van der Waals surface area (Å²) in [6.07, 6.45) is 4.70. The summed E-state index contributed by atoms with van der Waals surface area (Å²) < 4.78 is 1.73. The van der Waals surface area contributed by atoms with Crippen LogP contribution in [0.5, 0.6) is 0 Å². The van der Waals surface area contributed by atoms with Crippen LogP contribution in [-0.2, 0) is 24.7 Å². The van der Waals surface area contributed by atoms with E-state index in [1.165, 1.54) is 6.07 Å². The average molecular weight is 285 g/mol. The highest BCUT2D eigenvalue weighted by molar-refractivity contribution is 6.02. The van der Waals surface area contributed by atoms with Crippen LogP contribution >= 0.6 is 0 Å². The van der Waals surface area contributed by atoms with Crippen molar-refractivity contribution < 1.29 is 14.7 Å². The number of benzene rings is 1. The maximum Gasteiger partial charge on any atom is 0.335 e. The van der Waals surface area contributed by atoms with E-state index in [2.05, 4.69) is 5.10 Å². The SMILES string of the molecule is Cn1cc(CCN2C(=O)Cc3cc(C(=O)O)ccc32)cn1. The molecule has 1 aromatic heterocycles. The molecule has 3 rings (SSSR count). The number of carboxylic acids is 1. The molecule has 1 aliphatic rings. The van der Waals surface area contributed by atoms with Gasteiger partial charge in [0, 0.05) is 25.5 Å². The minimum absolute atomic E-state index is 0.0106. The summed E-state index contributed by atoms with van der Waals surface area (Å²) >= 11 is 0. The van der Waals surface area contributed by atoms with Crippen molar-refractivity contribution in [1.29, 1.82) is 0 Å². The van der Waals surface area contributed by atoms with Crippen molar-refractivity contribution >= 4 is 17.6 Å². The second-order valence-electron chi connectivity index (χ2n) is 5.14. The number of fused-ring (bicyclic) bond motifs is 1. The number of nitrogens with zero attached hydrogens (tertiary/aromatic N) is 3. The van der Waals surface area contributed by atoms with Crippen LogP contribution in [0.3, 0.4) is 0 Å². The largest absolute Gasteiger partial charge is 0.478 e. The summed E-state index contributed by atoms with van der Waals surface area (Å²) in [6, 6.07) is 4.84. The van der Waals surface area contributed by atoms with Gasteiger partial charge < -0.3 is 10.0 Å². The molecule has 6 heteroatoms. The Morgan fingerprint density at radius 3 is 2.90 bits per heavy atom. The smallest absolute Gasteiger partial charge is 0.335 e. The van der Waals surface area contributed by atoms with Crippen LogP contribution in [0.1, 0.15) is 21.5 Å². The Bertz CT molecular complexity index is 721. The van der Waals surface area contributed by atoms with Gasteiger partial charge in [-0.25, -0.2) is 4.79 Å². The molecule has 1 aliphatic heterocycles. The molecule has 2 aromatic rings. The molecule has 0 saturated carbocycles. The number of carbonyl (C=O) groups is 2. The lowest BCUT2D eigenvalue weighted by Crippen LogP contribution is -2.28. The van der Waals surface area contributed by atoms with Crippen molar-refractivity contribution in [2.24, 2.45) is 7.05 Å². The lowest BCUT2D eigenvalue weighted by molar-refractivity contribution is -0.117. The number of carbonyl (C=O) groups excluding carboxylic acids is 1. The molecule has 21 heavy (non-hydrogen) atoms. The number of aromatic carboxylic acids is 1. The Labute approximate surface area is 121 Å². The van der Waals surface area contributed by atoms with Gasteiger partial charge in [-0.3, -0.25) is 9.48 Å². The van der Waals surface area contributed by atoms with Crippen molar-refractivity contribution in [3.05, 3.63) is 47.3 Å². The predicted octanol–water partition coefficient (Wildman–Crippen LogP) is 1.25. The van der Waals surface area contributed by atoms with E-state index < -0.39 is 5.97 Å². The Morgan fingerprint density at radius 1 is 1.43 bits per heavy atom. The maximum absolute atomic E-state index is 12.1. The van der Waals surface area contributed by atoms with Gasteiger partial charge in [0.25, 0.3) is 0 Å². The molecule has 1 amide bonds. The number of rotatable bonds is 4. The Kier molecular flexibility index (Phi) is 3.21. The quantitative estimate of drug-likeness (QED) is 0.917. The number of amides is 1. The first kappa shape index (κ1) is 13.4. The third-order valence-electron chi connectivity index (χ3n) is 3.64. The monoisotopic (exact) mass is 285 g/mol. The molecular formula is C15H15N3O3. The summed E-state index contributed by atoms with van der Waals surface area (Å²) in [4.78, 5) is 24.8. The molecule has 1 aromatic carbocycles. The van der Waals surface area contributed by atoms with Gasteiger partial charge in [-0.15, -0.1) is 0 Å². The molecule has 2 heterocycles. The Hall–Kier alpha value is -2.63. The van der Waals surface area contributed by atoms with Crippen molar-refractivity contribution in [2.45, 2.75) is 12.8 Å². The summed E-state index contributed by atoms with van der Waals surface area (Å²) in [5.41, 5.74) is 2.89. The molecule has 0 aliphatic carbocycles. The van der Waals surface area contributed by atoms with Crippen LogP contribution in [0, 0.1) is 0 Å². The van der Waals surface area contributed by atoms with E-state index >= 15 is 0 Å². The number of hydrogen-bond donors (Lipinski definition) is 1. The van der Waals surface area contributed by atoms with Crippen molar-refractivity contribution in [2.75, 3.05) is 11.4 Å². The number of anilines is 1. The van der Waals surface area contributed by atoms with Crippen LogP contribution in [0.4, 0.5) is 5.69 Å². The molecule has 0 radical (unpaired) electrons. The molecule has 0 spiro atoms. The maximum atomic E-state index is 12.1. The summed E-state index contributed by atoms with van der Waals surface area (Å²) in [6.45, 7) is 0.573. The first-order valence-corrected chi connectivity index (χ1v) is 6.68. The van der Waals surface area contributed by atoms with E-state index in [0.29, 0.717) is 6.54 Å². The zero-order valence-corrected chi connectivity index (χ0v) is 11.6. The van der Waals surface area contributed by atoms with Gasteiger partial charge in [0.2, 0.25) is 5.91 Å².